The lowest BCUT2D eigenvalue weighted by molar-refractivity contribution is 0.415. The van der Waals surface area contributed by atoms with Gasteiger partial charge in [0.1, 0.15) is 5.75 Å². The van der Waals surface area contributed by atoms with Crippen LogP contribution in [0.1, 0.15) is 13.3 Å². The molecule has 0 saturated carbocycles. The maximum absolute atomic E-state index is 5.96. The minimum atomic E-state index is 0.583. The summed E-state index contributed by atoms with van der Waals surface area (Å²) in [6.07, 6.45) is 1.11. The van der Waals surface area contributed by atoms with Crippen molar-refractivity contribution in [2.24, 2.45) is 0 Å². The SMILES string of the molecule is CCSCCCn1c(N)nc2cc(OC)ccc21. The van der Waals surface area contributed by atoms with Gasteiger partial charge in [0.05, 0.1) is 18.1 Å². The van der Waals surface area contributed by atoms with Crippen LogP contribution in [0.15, 0.2) is 18.2 Å². The molecule has 2 aromatic rings. The predicted octanol–water partition coefficient (Wildman–Crippen LogP) is 2.77. The smallest absolute Gasteiger partial charge is 0.201 e. The molecule has 18 heavy (non-hydrogen) atoms. The first-order valence-corrected chi connectivity index (χ1v) is 7.29. The number of nitrogens with zero attached hydrogens (tertiary/aromatic N) is 2. The van der Waals surface area contributed by atoms with Crippen molar-refractivity contribution in [2.75, 3.05) is 24.3 Å². The molecule has 0 aliphatic carbocycles. The summed E-state index contributed by atoms with van der Waals surface area (Å²) in [6.45, 7) is 3.10. The number of aromatic nitrogens is 2. The highest BCUT2D eigenvalue weighted by Crippen LogP contribution is 2.23. The lowest BCUT2D eigenvalue weighted by atomic mass is 10.3. The molecule has 2 N–H and O–H groups in total. The molecule has 1 aromatic carbocycles. The summed E-state index contributed by atoms with van der Waals surface area (Å²) < 4.78 is 7.27. The topological polar surface area (TPSA) is 53.1 Å². The Labute approximate surface area is 112 Å². The highest BCUT2D eigenvalue weighted by Gasteiger charge is 2.08. The van der Waals surface area contributed by atoms with Crippen LogP contribution in [0.4, 0.5) is 5.95 Å². The van der Waals surface area contributed by atoms with Gasteiger partial charge >= 0.3 is 0 Å². The third-order valence-corrected chi connectivity index (χ3v) is 3.85. The molecule has 0 aliphatic heterocycles. The summed E-state index contributed by atoms with van der Waals surface area (Å²) in [5, 5.41) is 0. The third kappa shape index (κ3) is 2.72. The van der Waals surface area contributed by atoms with Crippen LogP contribution in [0, 0.1) is 0 Å². The number of aryl methyl sites for hydroxylation is 1. The minimum absolute atomic E-state index is 0.583. The molecule has 1 aromatic heterocycles. The molecule has 0 fully saturated rings. The van der Waals surface area contributed by atoms with Gasteiger partial charge in [-0.1, -0.05) is 6.92 Å². The Bertz CT molecular complexity index is 524. The zero-order valence-corrected chi connectivity index (χ0v) is 11.7. The van der Waals surface area contributed by atoms with E-state index in [1.54, 1.807) is 7.11 Å². The zero-order valence-electron chi connectivity index (χ0n) is 10.8. The van der Waals surface area contributed by atoms with Crippen LogP contribution in [-0.2, 0) is 6.54 Å². The second kappa shape index (κ2) is 6.00. The standard InChI is InChI=1S/C13H19N3OS/c1-3-18-8-4-7-16-12-6-5-10(17-2)9-11(12)15-13(16)14/h5-6,9H,3-4,7-8H2,1-2H3,(H2,14,15). The summed E-state index contributed by atoms with van der Waals surface area (Å²) >= 11 is 1.95. The Kier molecular flexibility index (Phi) is 4.36. The molecule has 98 valence electrons. The van der Waals surface area contributed by atoms with E-state index in [-0.39, 0.29) is 0 Å². The number of ether oxygens (including phenoxy) is 1. The van der Waals surface area contributed by atoms with Crippen molar-refractivity contribution >= 4 is 28.7 Å². The molecule has 0 amide bonds. The molecule has 0 aliphatic rings. The highest BCUT2D eigenvalue weighted by molar-refractivity contribution is 7.99. The van der Waals surface area contributed by atoms with E-state index in [9.17, 15) is 0 Å². The Morgan fingerprint density at radius 1 is 1.44 bits per heavy atom. The van der Waals surface area contributed by atoms with Crippen molar-refractivity contribution in [3.63, 3.8) is 0 Å². The van der Waals surface area contributed by atoms with Crippen LogP contribution in [-0.4, -0.2) is 28.2 Å². The number of thioether (sulfide) groups is 1. The Morgan fingerprint density at radius 2 is 2.28 bits per heavy atom. The largest absolute Gasteiger partial charge is 0.497 e. The quantitative estimate of drug-likeness (QED) is 0.816. The van der Waals surface area contributed by atoms with Gasteiger partial charge < -0.3 is 15.0 Å². The van der Waals surface area contributed by atoms with E-state index in [1.807, 2.05) is 30.0 Å². The monoisotopic (exact) mass is 265 g/mol. The van der Waals surface area contributed by atoms with Crippen LogP contribution < -0.4 is 10.5 Å². The van der Waals surface area contributed by atoms with E-state index < -0.39 is 0 Å². The molecule has 0 atom stereocenters. The minimum Gasteiger partial charge on any atom is -0.497 e. The number of methoxy groups -OCH3 is 1. The average molecular weight is 265 g/mol. The van der Waals surface area contributed by atoms with Gasteiger partial charge in [0, 0.05) is 12.6 Å². The number of hydrogen-bond acceptors (Lipinski definition) is 4. The van der Waals surface area contributed by atoms with Crippen molar-refractivity contribution < 1.29 is 4.74 Å². The van der Waals surface area contributed by atoms with Gasteiger partial charge in [-0.15, -0.1) is 0 Å². The van der Waals surface area contributed by atoms with Crippen LogP contribution in [0.25, 0.3) is 11.0 Å². The van der Waals surface area contributed by atoms with Crippen LogP contribution in [0.3, 0.4) is 0 Å². The van der Waals surface area contributed by atoms with Crippen molar-refractivity contribution in [3.05, 3.63) is 18.2 Å². The number of fused-ring (bicyclic) bond motifs is 1. The van der Waals surface area contributed by atoms with E-state index in [0.29, 0.717) is 5.95 Å². The Hall–Kier alpha value is -1.36. The van der Waals surface area contributed by atoms with Gasteiger partial charge in [0.25, 0.3) is 0 Å². The number of nitrogens with two attached hydrogens (primary N) is 1. The fourth-order valence-corrected chi connectivity index (χ4v) is 2.58. The van der Waals surface area contributed by atoms with E-state index in [0.717, 1.165) is 41.3 Å². The first-order valence-electron chi connectivity index (χ1n) is 6.13. The zero-order chi connectivity index (χ0) is 13.0. The first kappa shape index (κ1) is 13.1. The fourth-order valence-electron chi connectivity index (χ4n) is 1.96. The van der Waals surface area contributed by atoms with Gasteiger partial charge in [0.2, 0.25) is 5.95 Å². The second-order valence-electron chi connectivity index (χ2n) is 4.03. The summed E-state index contributed by atoms with van der Waals surface area (Å²) in [6, 6.07) is 5.88. The van der Waals surface area contributed by atoms with Crippen LogP contribution in [0.5, 0.6) is 5.75 Å². The molecule has 4 nitrogen and oxygen atoms in total. The fraction of sp³-hybridized carbons (Fsp3) is 0.462. The van der Waals surface area contributed by atoms with E-state index in [1.165, 1.54) is 0 Å². The normalized spacial score (nSPS) is 11.0. The van der Waals surface area contributed by atoms with E-state index >= 15 is 0 Å². The molecule has 0 unspecified atom stereocenters. The van der Waals surface area contributed by atoms with Gasteiger partial charge in [-0.25, -0.2) is 4.98 Å². The van der Waals surface area contributed by atoms with Crippen LogP contribution >= 0.6 is 11.8 Å². The van der Waals surface area contributed by atoms with Crippen LogP contribution in [0.2, 0.25) is 0 Å². The van der Waals surface area contributed by atoms with Gasteiger partial charge in [0.15, 0.2) is 0 Å². The lowest BCUT2D eigenvalue weighted by Crippen LogP contribution is -2.04. The molecule has 0 radical (unpaired) electrons. The molecular weight excluding hydrogens is 246 g/mol. The summed E-state index contributed by atoms with van der Waals surface area (Å²) in [5.74, 6) is 3.72. The molecular formula is C13H19N3OS. The van der Waals surface area contributed by atoms with Gasteiger partial charge in [-0.2, -0.15) is 11.8 Å². The number of rotatable bonds is 6. The number of anilines is 1. The average Bonchev–Trinajstić information content (AvgIpc) is 2.69. The summed E-state index contributed by atoms with van der Waals surface area (Å²) in [4.78, 5) is 4.37. The van der Waals surface area contributed by atoms with Crippen molar-refractivity contribution in [1.82, 2.24) is 9.55 Å². The van der Waals surface area contributed by atoms with Gasteiger partial charge in [-0.3, -0.25) is 0 Å². The van der Waals surface area contributed by atoms with Crippen molar-refractivity contribution in [3.8, 4) is 5.75 Å². The number of nitrogen functional groups attached to an aromatic ring is 1. The highest BCUT2D eigenvalue weighted by atomic mass is 32.2. The van der Waals surface area contributed by atoms with E-state index in [4.69, 9.17) is 10.5 Å². The molecule has 0 spiro atoms. The predicted molar refractivity (Wildman–Crippen MR) is 78.3 cm³/mol. The van der Waals surface area contributed by atoms with Crippen molar-refractivity contribution in [1.29, 1.82) is 0 Å². The molecule has 0 bridgehead atoms. The lowest BCUT2D eigenvalue weighted by Gasteiger charge is -2.06. The molecule has 5 heteroatoms. The maximum Gasteiger partial charge on any atom is 0.201 e. The number of benzene rings is 1. The first-order chi connectivity index (χ1) is 8.76. The summed E-state index contributed by atoms with van der Waals surface area (Å²) in [7, 11) is 1.66. The van der Waals surface area contributed by atoms with E-state index in [2.05, 4.69) is 16.5 Å². The summed E-state index contributed by atoms with van der Waals surface area (Å²) in [5.41, 5.74) is 7.94. The molecule has 0 saturated heterocycles. The number of hydrogen-bond donors (Lipinski definition) is 1. The Balaban J connectivity index is 2.19. The van der Waals surface area contributed by atoms with Crippen molar-refractivity contribution in [2.45, 2.75) is 19.9 Å². The molecule has 1 heterocycles. The van der Waals surface area contributed by atoms with Gasteiger partial charge in [-0.05, 0) is 30.1 Å². The Morgan fingerprint density at radius 3 is 3.00 bits per heavy atom. The third-order valence-electron chi connectivity index (χ3n) is 2.86. The molecule has 2 rings (SSSR count). The number of imidazole rings is 1. The second-order valence-corrected chi connectivity index (χ2v) is 5.42. The maximum atomic E-state index is 5.96.